The van der Waals surface area contributed by atoms with Crippen molar-refractivity contribution in [3.63, 3.8) is 0 Å². The molecule has 1 amide bonds. The molecule has 40 heavy (non-hydrogen) atoms. The molecule has 3 heterocycles. The van der Waals surface area contributed by atoms with Crippen molar-refractivity contribution in [1.82, 2.24) is 9.97 Å². The molecule has 1 aromatic carbocycles. The van der Waals surface area contributed by atoms with Crippen LogP contribution in [0.2, 0.25) is 0 Å². The van der Waals surface area contributed by atoms with Crippen molar-refractivity contribution >= 4 is 23.7 Å². The van der Waals surface area contributed by atoms with E-state index in [9.17, 15) is 4.79 Å². The number of piperidine rings is 1. The van der Waals surface area contributed by atoms with Gasteiger partial charge < -0.3 is 35.4 Å². The van der Waals surface area contributed by atoms with E-state index in [2.05, 4.69) is 25.0 Å². The number of ether oxygens (including phenoxy) is 3. The summed E-state index contributed by atoms with van der Waals surface area (Å²) in [6.07, 6.45) is 7.08. The van der Waals surface area contributed by atoms with E-state index >= 15 is 4.39 Å². The number of anilines is 1. The largest absolute Gasteiger partial charge is 0.443 e. The fourth-order valence-corrected chi connectivity index (χ4v) is 4.36. The van der Waals surface area contributed by atoms with Crippen molar-refractivity contribution in [1.29, 1.82) is 0 Å². The maximum atomic E-state index is 15.1. The Morgan fingerprint density at radius 2 is 2.00 bits per heavy atom. The Labute approximate surface area is 232 Å². The second kappa shape index (κ2) is 14.5. The van der Waals surface area contributed by atoms with Crippen molar-refractivity contribution < 1.29 is 28.2 Å². The van der Waals surface area contributed by atoms with E-state index in [1.807, 2.05) is 6.92 Å². The van der Waals surface area contributed by atoms with Gasteiger partial charge in [-0.25, -0.2) is 19.2 Å². The number of nitrogens with two attached hydrogens (primary N) is 2. The summed E-state index contributed by atoms with van der Waals surface area (Å²) < 4.78 is 31.5. The molecule has 2 fully saturated rings. The van der Waals surface area contributed by atoms with E-state index in [1.54, 1.807) is 24.5 Å². The van der Waals surface area contributed by atoms with Gasteiger partial charge in [0.15, 0.2) is 5.96 Å². The van der Waals surface area contributed by atoms with Crippen LogP contribution in [0.1, 0.15) is 44.6 Å². The van der Waals surface area contributed by atoms with Gasteiger partial charge in [0.2, 0.25) is 5.95 Å². The highest BCUT2D eigenvalue weighted by Crippen LogP contribution is 2.26. The van der Waals surface area contributed by atoms with E-state index < -0.39 is 17.9 Å². The first-order chi connectivity index (χ1) is 19.4. The molecule has 0 spiro atoms. The number of carbonyl (C=O) groups excluding carboxylic acids is 1. The van der Waals surface area contributed by atoms with Crippen LogP contribution in [0.3, 0.4) is 0 Å². The third-order valence-electron chi connectivity index (χ3n) is 6.57. The van der Waals surface area contributed by atoms with Crippen molar-refractivity contribution in [2.75, 3.05) is 37.8 Å². The van der Waals surface area contributed by atoms with Crippen LogP contribution in [0.4, 0.5) is 15.1 Å². The second-order valence-electron chi connectivity index (χ2n) is 9.71. The Morgan fingerprint density at radius 3 is 2.70 bits per heavy atom. The minimum atomic E-state index is -0.997. The fraction of sp³-hybridized carbons (Fsp3) is 0.519. The minimum absolute atomic E-state index is 0.0629. The molecule has 4 N–H and O–H groups in total. The molecule has 12 nitrogen and oxygen atoms in total. The van der Waals surface area contributed by atoms with Crippen LogP contribution in [0.25, 0.3) is 11.1 Å². The molecule has 1 aromatic heterocycles. The van der Waals surface area contributed by atoms with Crippen LogP contribution in [0.15, 0.2) is 40.7 Å². The molecule has 0 radical (unpaired) electrons. The normalized spacial score (nSPS) is 18.1. The first-order valence-electron chi connectivity index (χ1n) is 13.4. The Balaban J connectivity index is 1.23. The monoisotopic (exact) mass is 557 g/mol. The molecular weight excluding hydrogens is 521 g/mol. The Kier molecular flexibility index (Phi) is 10.6. The summed E-state index contributed by atoms with van der Waals surface area (Å²) >= 11 is 0. The predicted octanol–water partition coefficient (Wildman–Crippen LogP) is 3.14. The van der Waals surface area contributed by atoms with Gasteiger partial charge in [-0.05, 0) is 26.2 Å². The maximum Gasteiger partial charge on any atom is 0.437 e. The second-order valence-corrected chi connectivity index (χ2v) is 9.71. The molecule has 216 valence electrons. The number of hydrogen-bond acceptors (Lipinski definition) is 9. The molecule has 13 heteroatoms. The zero-order valence-corrected chi connectivity index (χ0v) is 22.6. The van der Waals surface area contributed by atoms with Crippen molar-refractivity contribution in [3.05, 3.63) is 42.0 Å². The number of rotatable bonds is 10. The number of hydrogen-bond donors (Lipinski definition) is 2. The zero-order chi connectivity index (χ0) is 28.3. The Morgan fingerprint density at radius 1 is 1.23 bits per heavy atom. The number of aliphatic imine (C=N–C) groups is 1. The topological polar surface area (TPSA) is 160 Å². The highest BCUT2D eigenvalue weighted by atomic mass is 19.1. The van der Waals surface area contributed by atoms with Crippen molar-refractivity contribution in [2.45, 2.75) is 57.8 Å². The summed E-state index contributed by atoms with van der Waals surface area (Å²) in [5, 5.41) is 4.30. The van der Waals surface area contributed by atoms with Crippen LogP contribution < -0.4 is 16.4 Å². The molecule has 2 atom stereocenters. The Hall–Kier alpha value is -3.84. The fourth-order valence-electron chi connectivity index (χ4n) is 4.36. The molecule has 2 unspecified atom stereocenters. The van der Waals surface area contributed by atoms with Gasteiger partial charge in [-0.2, -0.15) is 0 Å². The summed E-state index contributed by atoms with van der Waals surface area (Å²) in [6.45, 7) is 4.82. The SMILES string of the molecule is CC(CON=C1CCN(c2ncc(-c3cccc(COC(=O)N=C(N)N)c3F)cn2)CC1)OCC1CCCCO1. The first-order valence-corrected chi connectivity index (χ1v) is 13.4. The molecule has 4 rings (SSSR count). The van der Waals surface area contributed by atoms with Gasteiger partial charge in [0.25, 0.3) is 0 Å². The highest BCUT2D eigenvalue weighted by molar-refractivity contribution is 5.88. The van der Waals surface area contributed by atoms with Gasteiger partial charge in [-0.15, -0.1) is 4.99 Å². The van der Waals surface area contributed by atoms with E-state index in [1.165, 1.54) is 12.5 Å². The number of aromatic nitrogens is 2. The number of guanidine groups is 1. The Bertz CT molecular complexity index is 1170. The number of oxime groups is 1. The van der Waals surface area contributed by atoms with Gasteiger partial charge in [0.05, 0.1) is 24.5 Å². The van der Waals surface area contributed by atoms with Gasteiger partial charge >= 0.3 is 6.09 Å². The number of amides is 1. The lowest BCUT2D eigenvalue weighted by Gasteiger charge is -2.27. The lowest BCUT2D eigenvalue weighted by atomic mass is 10.1. The summed E-state index contributed by atoms with van der Waals surface area (Å²) in [4.78, 5) is 31.2. The number of halogens is 1. The van der Waals surface area contributed by atoms with E-state index in [0.717, 1.165) is 38.0 Å². The number of carbonyl (C=O) groups is 1. The highest BCUT2D eigenvalue weighted by Gasteiger charge is 2.20. The molecular formula is C27H36FN7O5. The minimum Gasteiger partial charge on any atom is -0.443 e. The van der Waals surface area contributed by atoms with Crippen LogP contribution in [0, 0.1) is 5.82 Å². The predicted molar refractivity (Wildman–Crippen MR) is 147 cm³/mol. The van der Waals surface area contributed by atoms with E-state index in [0.29, 0.717) is 37.8 Å². The van der Waals surface area contributed by atoms with Gasteiger partial charge in [0.1, 0.15) is 19.0 Å². The molecule has 0 saturated carbocycles. The van der Waals surface area contributed by atoms with Crippen LogP contribution >= 0.6 is 0 Å². The standard InChI is InChI=1S/C27H36FN7O5/c1-18(38-17-22-6-2-3-12-37-22)15-40-34-21-8-10-35(11-9-21)26-31-13-20(14-32-26)23-7-4-5-19(24(23)28)16-39-27(36)33-25(29)30/h4-5,7,13-14,18,22H,2-3,6,8-12,15-17H2,1H3,(H4,29,30,33,36). The summed E-state index contributed by atoms with van der Waals surface area (Å²) in [7, 11) is 0. The summed E-state index contributed by atoms with van der Waals surface area (Å²) in [5.41, 5.74) is 12.2. The average molecular weight is 558 g/mol. The quantitative estimate of drug-likeness (QED) is 0.252. The molecule has 0 bridgehead atoms. The third-order valence-corrected chi connectivity index (χ3v) is 6.57. The molecule has 2 saturated heterocycles. The lowest BCUT2D eigenvalue weighted by Crippen LogP contribution is -2.35. The van der Waals surface area contributed by atoms with Crippen LogP contribution in [-0.4, -0.2) is 72.9 Å². The lowest BCUT2D eigenvalue weighted by molar-refractivity contribution is -0.0761. The summed E-state index contributed by atoms with van der Waals surface area (Å²) in [6, 6.07) is 4.77. The van der Waals surface area contributed by atoms with Crippen molar-refractivity contribution in [2.24, 2.45) is 21.6 Å². The van der Waals surface area contributed by atoms with Gasteiger partial charge in [-0.1, -0.05) is 23.4 Å². The summed E-state index contributed by atoms with van der Waals surface area (Å²) in [5.74, 6) is -0.422. The van der Waals surface area contributed by atoms with Crippen LogP contribution in [-0.2, 0) is 25.7 Å². The average Bonchev–Trinajstić information content (AvgIpc) is 2.96. The first kappa shape index (κ1) is 29.2. The smallest absolute Gasteiger partial charge is 0.437 e. The van der Waals surface area contributed by atoms with E-state index in [-0.39, 0.29) is 29.9 Å². The van der Waals surface area contributed by atoms with Gasteiger partial charge in [0, 0.05) is 61.6 Å². The molecule has 0 aliphatic carbocycles. The van der Waals surface area contributed by atoms with Crippen molar-refractivity contribution in [3.8, 4) is 11.1 Å². The number of benzene rings is 1. The molecule has 2 aliphatic rings. The zero-order valence-electron chi connectivity index (χ0n) is 22.6. The molecule has 2 aliphatic heterocycles. The number of nitrogens with zero attached hydrogens (tertiary/aromatic N) is 5. The van der Waals surface area contributed by atoms with Crippen LogP contribution in [0.5, 0.6) is 0 Å². The van der Waals surface area contributed by atoms with E-state index in [4.69, 9.17) is 30.5 Å². The van der Waals surface area contributed by atoms with Gasteiger partial charge in [-0.3, -0.25) is 0 Å². The third kappa shape index (κ3) is 8.58. The molecule has 2 aromatic rings. The maximum absolute atomic E-state index is 15.1.